The van der Waals surface area contributed by atoms with Crippen molar-refractivity contribution in [2.24, 2.45) is 5.92 Å². The number of hydrogen-bond acceptors (Lipinski definition) is 4. The number of amides is 2. The van der Waals surface area contributed by atoms with E-state index in [1.165, 1.54) is 0 Å². The van der Waals surface area contributed by atoms with Gasteiger partial charge in [0.15, 0.2) is 0 Å². The second-order valence-electron chi connectivity index (χ2n) is 3.98. The lowest BCUT2D eigenvalue weighted by Gasteiger charge is -2.08. The minimum atomic E-state index is -2.97. The van der Waals surface area contributed by atoms with Gasteiger partial charge >= 0.3 is 0 Å². The fourth-order valence-corrected chi connectivity index (χ4v) is 2.15. The highest BCUT2D eigenvalue weighted by molar-refractivity contribution is 7.90. The van der Waals surface area contributed by atoms with Gasteiger partial charge in [0.1, 0.15) is 9.84 Å². The van der Waals surface area contributed by atoms with Crippen LogP contribution in [0, 0.1) is 5.92 Å². The lowest BCUT2D eigenvalue weighted by atomic mass is 10.1. The van der Waals surface area contributed by atoms with E-state index in [1.54, 1.807) is 0 Å². The number of rotatable bonds is 5. The Morgan fingerprint density at radius 1 is 1.56 bits per heavy atom. The lowest BCUT2D eigenvalue weighted by molar-refractivity contribution is -0.126. The maximum atomic E-state index is 11.5. The predicted octanol–water partition coefficient (Wildman–Crippen LogP) is -1.33. The van der Waals surface area contributed by atoms with Crippen molar-refractivity contribution in [2.45, 2.75) is 12.8 Å². The van der Waals surface area contributed by atoms with Gasteiger partial charge in [0.05, 0.1) is 11.7 Å². The second kappa shape index (κ2) is 5.29. The third-order valence-corrected chi connectivity index (χ3v) is 3.37. The molecule has 0 saturated carbocycles. The van der Waals surface area contributed by atoms with E-state index in [4.69, 9.17) is 0 Å². The Labute approximate surface area is 94.7 Å². The van der Waals surface area contributed by atoms with Gasteiger partial charge in [-0.25, -0.2) is 8.42 Å². The fraction of sp³-hybridized carbons (Fsp3) is 0.778. The van der Waals surface area contributed by atoms with Crippen LogP contribution in [0.25, 0.3) is 0 Å². The van der Waals surface area contributed by atoms with Gasteiger partial charge in [-0.15, -0.1) is 0 Å². The predicted molar refractivity (Wildman–Crippen MR) is 58.5 cm³/mol. The Morgan fingerprint density at radius 3 is 2.75 bits per heavy atom. The molecule has 92 valence electrons. The van der Waals surface area contributed by atoms with Crippen LogP contribution in [0.3, 0.4) is 0 Å². The summed E-state index contributed by atoms with van der Waals surface area (Å²) in [6.07, 6.45) is 1.78. The van der Waals surface area contributed by atoms with Gasteiger partial charge in [0.25, 0.3) is 0 Å². The molecule has 7 heteroatoms. The molecule has 1 heterocycles. The number of carbonyl (C=O) groups excluding carboxylic acids is 2. The molecule has 1 atom stereocenters. The molecular weight excluding hydrogens is 232 g/mol. The molecule has 0 spiro atoms. The van der Waals surface area contributed by atoms with Crippen LogP contribution in [0.4, 0.5) is 0 Å². The van der Waals surface area contributed by atoms with Gasteiger partial charge in [-0.3, -0.25) is 9.59 Å². The molecule has 1 aliphatic rings. The van der Waals surface area contributed by atoms with Crippen LogP contribution < -0.4 is 10.6 Å². The second-order valence-corrected chi connectivity index (χ2v) is 6.24. The summed E-state index contributed by atoms with van der Waals surface area (Å²) in [5.41, 5.74) is 0. The summed E-state index contributed by atoms with van der Waals surface area (Å²) in [5, 5.41) is 5.19. The Morgan fingerprint density at radius 2 is 2.25 bits per heavy atom. The van der Waals surface area contributed by atoms with Gasteiger partial charge in [0, 0.05) is 25.8 Å². The summed E-state index contributed by atoms with van der Waals surface area (Å²) >= 11 is 0. The van der Waals surface area contributed by atoms with E-state index in [-0.39, 0.29) is 29.9 Å². The minimum absolute atomic E-state index is 0.0646. The zero-order chi connectivity index (χ0) is 12.2. The van der Waals surface area contributed by atoms with Gasteiger partial charge in [0.2, 0.25) is 11.8 Å². The van der Waals surface area contributed by atoms with Crippen LogP contribution in [-0.4, -0.2) is 45.3 Å². The van der Waals surface area contributed by atoms with E-state index in [9.17, 15) is 18.0 Å². The number of nitrogens with one attached hydrogen (secondary N) is 2. The summed E-state index contributed by atoms with van der Waals surface area (Å²) in [6, 6.07) is 0. The first-order valence-electron chi connectivity index (χ1n) is 5.10. The zero-order valence-electron chi connectivity index (χ0n) is 9.15. The molecule has 0 aromatic rings. The van der Waals surface area contributed by atoms with E-state index in [0.717, 1.165) is 6.26 Å². The SMILES string of the molecule is CS(=O)(=O)CCCNC(=O)C1CNC(=O)C1. The smallest absolute Gasteiger partial charge is 0.225 e. The van der Waals surface area contributed by atoms with Crippen molar-refractivity contribution >= 4 is 21.7 Å². The molecule has 2 amide bonds. The van der Waals surface area contributed by atoms with Crippen molar-refractivity contribution in [3.8, 4) is 0 Å². The van der Waals surface area contributed by atoms with Crippen molar-refractivity contribution in [1.29, 1.82) is 0 Å². The van der Waals surface area contributed by atoms with Crippen molar-refractivity contribution < 1.29 is 18.0 Å². The normalized spacial score (nSPS) is 20.6. The topological polar surface area (TPSA) is 92.3 Å². The molecule has 0 radical (unpaired) electrons. The molecule has 1 saturated heterocycles. The van der Waals surface area contributed by atoms with E-state index in [1.807, 2.05) is 0 Å². The molecule has 2 N–H and O–H groups in total. The summed E-state index contributed by atoms with van der Waals surface area (Å²) in [4.78, 5) is 22.3. The van der Waals surface area contributed by atoms with Crippen molar-refractivity contribution in [3.63, 3.8) is 0 Å². The minimum Gasteiger partial charge on any atom is -0.356 e. The maximum absolute atomic E-state index is 11.5. The van der Waals surface area contributed by atoms with Gasteiger partial charge in [-0.05, 0) is 6.42 Å². The largest absolute Gasteiger partial charge is 0.356 e. The highest BCUT2D eigenvalue weighted by Crippen LogP contribution is 2.08. The van der Waals surface area contributed by atoms with E-state index >= 15 is 0 Å². The monoisotopic (exact) mass is 248 g/mol. The number of sulfone groups is 1. The van der Waals surface area contributed by atoms with Gasteiger partial charge < -0.3 is 10.6 Å². The molecule has 16 heavy (non-hydrogen) atoms. The van der Waals surface area contributed by atoms with Crippen LogP contribution >= 0.6 is 0 Å². The quantitative estimate of drug-likeness (QED) is 0.590. The Kier molecular flexibility index (Phi) is 4.28. The fourth-order valence-electron chi connectivity index (χ4n) is 1.48. The molecule has 1 rings (SSSR count). The van der Waals surface area contributed by atoms with Crippen molar-refractivity contribution in [2.75, 3.05) is 25.1 Å². The molecule has 1 aliphatic heterocycles. The zero-order valence-corrected chi connectivity index (χ0v) is 9.97. The standard InChI is InChI=1S/C9H16N2O4S/c1-16(14,15)4-2-3-10-9(13)7-5-8(12)11-6-7/h7H,2-6H2,1H3,(H,10,13)(H,11,12). The summed E-state index contributed by atoms with van der Waals surface area (Å²) < 4.78 is 21.6. The average Bonchev–Trinajstić information content (AvgIpc) is 2.57. The first kappa shape index (κ1) is 13.0. The Hall–Kier alpha value is -1.11. The average molecular weight is 248 g/mol. The third kappa shape index (κ3) is 4.61. The first-order valence-corrected chi connectivity index (χ1v) is 7.16. The molecule has 0 aromatic carbocycles. The van der Waals surface area contributed by atoms with Crippen LogP contribution in [0.5, 0.6) is 0 Å². The number of hydrogen-bond donors (Lipinski definition) is 2. The number of carbonyl (C=O) groups is 2. The lowest BCUT2D eigenvalue weighted by Crippen LogP contribution is -2.33. The van der Waals surface area contributed by atoms with E-state index in [2.05, 4.69) is 10.6 Å². The maximum Gasteiger partial charge on any atom is 0.225 e. The van der Waals surface area contributed by atoms with Gasteiger partial charge in [-0.2, -0.15) is 0 Å². The molecule has 0 aliphatic carbocycles. The Bertz CT molecular complexity index is 377. The van der Waals surface area contributed by atoms with Crippen molar-refractivity contribution in [3.05, 3.63) is 0 Å². The highest BCUT2D eigenvalue weighted by atomic mass is 32.2. The molecule has 6 nitrogen and oxygen atoms in total. The van der Waals surface area contributed by atoms with E-state index in [0.29, 0.717) is 19.5 Å². The van der Waals surface area contributed by atoms with Crippen LogP contribution in [-0.2, 0) is 19.4 Å². The summed E-state index contributed by atoms with van der Waals surface area (Å²) in [5.74, 6) is -0.552. The molecule has 0 aromatic heterocycles. The summed E-state index contributed by atoms with van der Waals surface area (Å²) in [6.45, 7) is 0.702. The molecule has 1 unspecified atom stereocenters. The van der Waals surface area contributed by atoms with Crippen LogP contribution in [0.1, 0.15) is 12.8 Å². The summed E-state index contributed by atoms with van der Waals surface area (Å²) in [7, 11) is -2.97. The Balaban J connectivity index is 2.18. The highest BCUT2D eigenvalue weighted by Gasteiger charge is 2.27. The molecular formula is C9H16N2O4S. The van der Waals surface area contributed by atoms with Gasteiger partial charge in [-0.1, -0.05) is 0 Å². The van der Waals surface area contributed by atoms with Crippen LogP contribution in [0.2, 0.25) is 0 Å². The first-order chi connectivity index (χ1) is 7.38. The van der Waals surface area contributed by atoms with Crippen molar-refractivity contribution in [1.82, 2.24) is 10.6 Å². The molecule has 1 fully saturated rings. The van der Waals surface area contributed by atoms with E-state index < -0.39 is 9.84 Å². The molecule has 0 bridgehead atoms. The van der Waals surface area contributed by atoms with Crippen LogP contribution in [0.15, 0.2) is 0 Å². The third-order valence-electron chi connectivity index (χ3n) is 2.34.